The molecule has 0 aromatic carbocycles. The Kier molecular flexibility index (Phi) is 46.4. The summed E-state index contributed by atoms with van der Waals surface area (Å²) >= 11 is 0. The maximum atomic E-state index is 12.8. The van der Waals surface area contributed by atoms with Crippen LogP contribution in [0.25, 0.3) is 0 Å². The summed E-state index contributed by atoms with van der Waals surface area (Å²) < 4.78 is 66.9. The smallest absolute Gasteiger partial charge is 0.462 e. The Morgan fingerprint density at radius 1 is 0.338 bits per heavy atom. The predicted octanol–water partition coefficient (Wildman–Crippen LogP) is 13.3. The zero-order chi connectivity index (χ0) is 52.7. The Morgan fingerprint density at radius 3 is 0.845 bits per heavy atom. The van der Waals surface area contributed by atoms with E-state index in [1.54, 1.807) is 0 Å². The zero-order valence-corrected chi connectivity index (χ0v) is 46.5. The van der Waals surface area contributed by atoms with Crippen LogP contribution >= 0.6 is 15.6 Å². The monoisotopic (exact) mass is 1060 g/mol. The van der Waals surface area contributed by atoms with Gasteiger partial charge >= 0.3 is 39.5 Å². The Hall–Kier alpha value is -1.94. The highest BCUT2D eigenvalue weighted by molar-refractivity contribution is 7.47. The fraction of sp³-hybridized carbons (Fsp3) is 0.923. The number of esters is 4. The normalized spacial score (nSPS) is 14.5. The summed E-state index contributed by atoms with van der Waals surface area (Å²) in [6.45, 7) is 4.55. The van der Waals surface area contributed by atoms with Crippen LogP contribution in [0.5, 0.6) is 0 Å². The van der Waals surface area contributed by atoms with E-state index in [1.807, 2.05) is 0 Å². The molecule has 0 spiro atoms. The van der Waals surface area contributed by atoms with Crippen LogP contribution in [-0.4, -0.2) is 96.7 Å². The van der Waals surface area contributed by atoms with Gasteiger partial charge in [0.25, 0.3) is 0 Å². The lowest BCUT2D eigenvalue weighted by atomic mass is 10.0. The van der Waals surface area contributed by atoms with Crippen molar-refractivity contribution in [3.05, 3.63) is 0 Å². The first-order chi connectivity index (χ1) is 34.2. The number of ether oxygens (including phenoxy) is 4. The van der Waals surface area contributed by atoms with Gasteiger partial charge in [-0.15, -0.1) is 0 Å². The van der Waals surface area contributed by atoms with E-state index in [0.717, 1.165) is 109 Å². The highest BCUT2D eigenvalue weighted by atomic mass is 31.2. The van der Waals surface area contributed by atoms with Gasteiger partial charge in [0.15, 0.2) is 12.2 Å². The van der Waals surface area contributed by atoms with Gasteiger partial charge in [0.05, 0.1) is 26.4 Å². The Morgan fingerprint density at radius 2 is 0.563 bits per heavy atom. The van der Waals surface area contributed by atoms with E-state index in [9.17, 15) is 43.2 Å². The highest BCUT2D eigenvalue weighted by Crippen LogP contribution is 2.45. The van der Waals surface area contributed by atoms with E-state index < -0.39 is 97.5 Å². The van der Waals surface area contributed by atoms with Crippen LogP contribution in [0, 0.1) is 0 Å². The minimum atomic E-state index is -4.92. The van der Waals surface area contributed by atoms with Crippen LogP contribution in [0.1, 0.15) is 252 Å². The largest absolute Gasteiger partial charge is 0.472 e. The average Bonchev–Trinajstić information content (AvgIpc) is 3.34. The van der Waals surface area contributed by atoms with Gasteiger partial charge in [0.2, 0.25) is 0 Å². The van der Waals surface area contributed by atoms with Crippen LogP contribution in [0.15, 0.2) is 0 Å². The van der Waals surface area contributed by atoms with Crippen molar-refractivity contribution in [2.75, 3.05) is 39.6 Å². The molecule has 0 bridgehead atoms. The molecular formula is C52H100O17P2. The van der Waals surface area contributed by atoms with Gasteiger partial charge in [-0.2, -0.15) is 0 Å². The molecule has 0 aromatic rings. The van der Waals surface area contributed by atoms with Crippen molar-refractivity contribution < 1.29 is 80.2 Å². The van der Waals surface area contributed by atoms with Gasteiger partial charge < -0.3 is 33.8 Å². The molecule has 0 rings (SSSR count). The quantitative estimate of drug-likeness (QED) is 0.0222. The molecule has 0 saturated heterocycles. The van der Waals surface area contributed by atoms with Gasteiger partial charge in [-0.05, 0) is 25.7 Å². The molecule has 5 atom stereocenters. The van der Waals surface area contributed by atoms with E-state index in [4.69, 9.17) is 37.0 Å². The van der Waals surface area contributed by atoms with Crippen molar-refractivity contribution >= 4 is 39.5 Å². The number of rotatable bonds is 53. The molecule has 19 heteroatoms. The molecule has 3 N–H and O–H groups in total. The van der Waals surface area contributed by atoms with Crippen LogP contribution < -0.4 is 0 Å². The molecule has 17 nitrogen and oxygen atoms in total. The van der Waals surface area contributed by atoms with Gasteiger partial charge in [0.1, 0.15) is 19.3 Å². The van der Waals surface area contributed by atoms with E-state index in [2.05, 4.69) is 27.7 Å². The van der Waals surface area contributed by atoms with E-state index >= 15 is 0 Å². The number of unbranched alkanes of at least 4 members (excludes halogenated alkanes) is 27. The third-order valence-electron chi connectivity index (χ3n) is 11.9. The number of hydrogen-bond donors (Lipinski definition) is 3. The fourth-order valence-corrected chi connectivity index (χ4v) is 9.09. The van der Waals surface area contributed by atoms with E-state index in [-0.39, 0.29) is 25.7 Å². The minimum absolute atomic E-state index is 0.101. The predicted molar refractivity (Wildman–Crippen MR) is 275 cm³/mol. The lowest BCUT2D eigenvalue weighted by Gasteiger charge is -2.21. The summed E-state index contributed by atoms with van der Waals surface area (Å²) in [6.07, 6.45) is 29.0. The second kappa shape index (κ2) is 47.8. The summed E-state index contributed by atoms with van der Waals surface area (Å²) in [6, 6.07) is 0. The molecule has 0 aromatic heterocycles. The SMILES string of the molecule is CCCCCCCCCCCCCCCCCC(=O)O[C@H](COC(=O)CCCCCC)COP(=O)(O)OC[C@@H](O)COP(=O)(O)OC[C@@H](COC(=O)CCCCCCCC)OC(=O)CCCCCCCC. The maximum Gasteiger partial charge on any atom is 0.472 e. The van der Waals surface area contributed by atoms with Gasteiger partial charge in [-0.1, -0.05) is 201 Å². The molecule has 0 radical (unpaired) electrons. The van der Waals surface area contributed by atoms with E-state index in [1.165, 1.54) is 64.2 Å². The summed E-state index contributed by atoms with van der Waals surface area (Å²) in [5, 5.41) is 10.4. The second-order valence-corrected chi connectivity index (χ2v) is 21.8. The van der Waals surface area contributed by atoms with Crippen LogP contribution in [-0.2, 0) is 65.4 Å². The summed E-state index contributed by atoms with van der Waals surface area (Å²) in [7, 11) is -9.84. The molecule has 0 aliphatic rings. The number of phosphoric ester groups is 2. The lowest BCUT2D eigenvalue weighted by Crippen LogP contribution is -2.30. The number of phosphoric acid groups is 2. The third-order valence-corrected chi connectivity index (χ3v) is 13.8. The molecule has 0 fully saturated rings. The molecule has 0 amide bonds. The number of carbonyl (C=O) groups excluding carboxylic acids is 4. The Labute approximate surface area is 428 Å². The first-order valence-corrected chi connectivity index (χ1v) is 30.8. The second-order valence-electron chi connectivity index (χ2n) is 18.9. The Bertz CT molecular complexity index is 1400. The van der Waals surface area contributed by atoms with Crippen molar-refractivity contribution in [2.24, 2.45) is 0 Å². The fourth-order valence-electron chi connectivity index (χ4n) is 7.51. The van der Waals surface area contributed by atoms with Gasteiger partial charge in [-0.25, -0.2) is 9.13 Å². The minimum Gasteiger partial charge on any atom is -0.462 e. The standard InChI is InChI=1S/C52H100O17P2/c1-5-9-13-17-20-21-22-23-24-25-26-27-28-31-35-39-52(57)69-47(42-62-49(54)36-32-16-12-8-4)44-66-70(58,59)64-40-46(53)41-65-71(60,61)67-45-48(68-51(56)38-34-30-19-15-11-7-3)43-63-50(55)37-33-29-18-14-10-6-2/h46-48,53H,5-45H2,1-4H3,(H,58,59)(H,60,61)/t46-,47-,48-/m1/s1. The number of aliphatic hydroxyl groups excluding tert-OH is 1. The molecule has 0 aliphatic carbocycles. The van der Waals surface area contributed by atoms with E-state index in [0.29, 0.717) is 25.7 Å². The number of carbonyl (C=O) groups is 4. The van der Waals surface area contributed by atoms with Crippen molar-refractivity contribution in [3.63, 3.8) is 0 Å². The molecule has 0 aliphatic heterocycles. The van der Waals surface area contributed by atoms with Gasteiger partial charge in [0, 0.05) is 25.7 Å². The third kappa shape index (κ3) is 47.5. The molecule has 0 saturated carbocycles. The topological polar surface area (TPSA) is 237 Å². The van der Waals surface area contributed by atoms with Crippen LogP contribution in [0.3, 0.4) is 0 Å². The highest BCUT2D eigenvalue weighted by Gasteiger charge is 2.30. The molecule has 0 heterocycles. The maximum absolute atomic E-state index is 12.8. The number of aliphatic hydroxyl groups is 1. The van der Waals surface area contributed by atoms with Crippen LogP contribution in [0.2, 0.25) is 0 Å². The summed E-state index contributed by atoms with van der Waals surface area (Å²) in [5.74, 6) is -2.18. The molecule has 420 valence electrons. The summed E-state index contributed by atoms with van der Waals surface area (Å²) in [5.41, 5.74) is 0. The van der Waals surface area contributed by atoms with Gasteiger partial charge in [-0.3, -0.25) is 37.3 Å². The molecular weight excluding hydrogens is 959 g/mol. The zero-order valence-electron chi connectivity index (χ0n) is 44.7. The van der Waals surface area contributed by atoms with Crippen molar-refractivity contribution in [1.82, 2.24) is 0 Å². The van der Waals surface area contributed by atoms with Crippen LogP contribution in [0.4, 0.5) is 0 Å². The van der Waals surface area contributed by atoms with Crippen molar-refractivity contribution in [3.8, 4) is 0 Å². The summed E-state index contributed by atoms with van der Waals surface area (Å²) in [4.78, 5) is 70.9. The van der Waals surface area contributed by atoms with Crippen molar-refractivity contribution in [2.45, 2.75) is 271 Å². The lowest BCUT2D eigenvalue weighted by molar-refractivity contribution is -0.161. The first kappa shape index (κ1) is 69.1. The first-order valence-electron chi connectivity index (χ1n) is 27.8. The number of hydrogen-bond acceptors (Lipinski definition) is 15. The molecule has 2 unspecified atom stereocenters. The molecule has 71 heavy (non-hydrogen) atoms. The Balaban J connectivity index is 5.02. The average molecular weight is 1060 g/mol. The van der Waals surface area contributed by atoms with Crippen molar-refractivity contribution in [1.29, 1.82) is 0 Å².